The van der Waals surface area contributed by atoms with Crippen LogP contribution >= 0.6 is 0 Å². The SMILES string of the molecule is C=CC(=O)O.[Er]. The van der Waals surface area contributed by atoms with Gasteiger partial charge in [-0.25, -0.2) is 4.79 Å². The van der Waals surface area contributed by atoms with E-state index in [1.165, 1.54) is 0 Å². The van der Waals surface area contributed by atoms with E-state index in [-0.39, 0.29) is 37.3 Å². The molecule has 40 valence electrons. The Morgan fingerprint density at radius 2 is 2.00 bits per heavy atom. The molecule has 3 heteroatoms. The molecule has 0 aromatic rings. The summed E-state index contributed by atoms with van der Waals surface area (Å²) in [5.74, 6) is -0.981. The third-order valence-electron chi connectivity index (χ3n) is 0.175. The summed E-state index contributed by atoms with van der Waals surface area (Å²) in [5.41, 5.74) is 0. The summed E-state index contributed by atoms with van der Waals surface area (Å²) in [6, 6.07) is 0. The largest absolute Gasteiger partial charge is 0.478 e. The third-order valence-corrected chi connectivity index (χ3v) is 0.175. The molecule has 0 aliphatic heterocycles. The Morgan fingerprint density at radius 3 is 2.00 bits per heavy atom. The number of hydrogen-bond donors (Lipinski definition) is 1. The van der Waals surface area contributed by atoms with Gasteiger partial charge in [-0.3, -0.25) is 0 Å². The van der Waals surface area contributed by atoms with E-state index in [0.717, 1.165) is 6.08 Å². The Labute approximate surface area is 65.4 Å². The first-order valence-electron chi connectivity index (χ1n) is 1.12. The Hall–Kier alpha value is 0.457. The van der Waals surface area contributed by atoms with Crippen molar-refractivity contribution < 1.29 is 47.2 Å². The molecule has 0 amide bonds. The maximum atomic E-state index is 9.25. The molecule has 0 bridgehead atoms. The van der Waals surface area contributed by atoms with Crippen LogP contribution in [0, 0.1) is 37.3 Å². The van der Waals surface area contributed by atoms with Crippen molar-refractivity contribution in [2.75, 3.05) is 0 Å². The van der Waals surface area contributed by atoms with E-state index in [9.17, 15) is 4.79 Å². The maximum Gasteiger partial charge on any atom is 0.327 e. The van der Waals surface area contributed by atoms with E-state index in [2.05, 4.69) is 6.58 Å². The average molecular weight is 239 g/mol. The topological polar surface area (TPSA) is 37.3 Å². The van der Waals surface area contributed by atoms with Gasteiger partial charge in [-0.05, 0) is 0 Å². The molecule has 0 aromatic heterocycles. The van der Waals surface area contributed by atoms with Gasteiger partial charge < -0.3 is 5.11 Å². The van der Waals surface area contributed by atoms with Crippen molar-refractivity contribution in [1.82, 2.24) is 0 Å². The molecule has 0 saturated carbocycles. The summed E-state index contributed by atoms with van der Waals surface area (Å²) in [6.45, 7) is 2.96. The summed E-state index contributed by atoms with van der Waals surface area (Å²) >= 11 is 0. The molecule has 0 rings (SSSR count). The van der Waals surface area contributed by atoms with Crippen molar-refractivity contribution in [2.24, 2.45) is 0 Å². The molecule has 0 saturated heterocycles. The van der Waals surface area contributed by atoms with Gasteiger partial charge in [0.1, 0.15) is 0 Å². The van der Waals surface area contributed by atoms with Gasteiger partial charge in [0.15, 0.2) is 0 Å². The van der Waals surface area contributed by atoms with E-state index in [1.807, 2.05) is 0 Å². The molecule has 0 atom stereocenters. The van der Waals surface area contributed by atoms with Gasteiger partial charge in [0.05, 0.1) is 0 Å². The molecule has 0 fully saturated rings. The molecule has 0 aromatic carbocycles. The molecule has 0 aliphatic rings. The van der Waals surface area contributed by atoms with Crippen LogP contribution in [0.15, 0.2) is 12.7 Å². The average Bonchev–Trinajstić information content (AvgIpc) is 1.38. The number of rotatable bonds is 1. The van der Waals surface area contributed by atoms with Crippen molar-refractivity contribution in [3.63, 3.8) is 0 Å². The van der Waals surface area contributed by atoms with Crippen LogP contribution in [0.4, 0.5) is 0 Å². The Morgan fingerprint density at radius 1 is 1.83 bits per heavy atom. The van der Waals surface area contributed by atoms with E-state index in [4.69, 9.17) is 5.11 Å². The zero-order chi connectivity index (χ0) is 4.28. The third kappa shape index (κ3) is 8.82. The van der Waals surface area contributed by atoms with Crippen molar-refractivity contribution in [3.05, 3.63) is 12.7 Å². The second-order valence-corrected chi connectivity index (χ2v) is 0.542. The Bertz CT molecular complexity index is 59.8. The van der Waals surface area contributed by atoms with Crippen LogP contribution in [0.5, 0.6) is 0 Å². The summed E-state index contributed by atoms with van der Waals surface area (Å²) in [7, 11) is 0. The van der Waals surface area contributed by atoms with Gasteiger partial charge >= 0.3 is 5.97 Å². The first kappa shape index (κ1) is 9.68. The quantitative estimate of drug-likeness (QED) is 0.666. The van der Waals surface area contributed by atoms with E-state index in [0.29, 0.717) is 0 Å². The van der Waals surface area contributed by atoms with Crippen LogP contribution < -0.4 is 0 Å². The zero-order valence-corrected chi connectivity index (χ0v) is 4.78. The monoisotopic (exact) mass is 238 g/mol. The Kier molecular flexibility index (Phi) is 8.80. The van der Waals surface area contributed by atoms with Gasteiger partial charge in [0.25, 0.3) is 0 Å². The fourth-order valence-electron chi connectivity index (χ4n) is 0. The summed E-state index contributed by atoms with van der Waals surface area (Å²) in [5, 5.41) is 7.60. The normalized spacial score (nSPS) is 5.33. The molecule has 2 nitrogen and oxygen atoms in total. The van der Waals surface area contributed by atoms with Crippen LogP contribution in [0.1, 0.15) is 0 Å². The van der Waals surface area contributed by atoms with E-state index < -0.39 is 5.97 Å². The van der Waals surface area contributed by atoms with Crippen LogP contribution in [0.25, 0.3) is 0 Å². The van der Waals surface area contributed by atoms with Crippen LogP contribution in [-0.4, -0.2) is 11.1 Å². The van der Waals surface area contributed by atoms with Crippen molar-refractivity contribution >= 4 is 5.97 Å². The van der Waals surface area contributed by atoms with Gasteiger partial charge in [-0.2, -0.15) is 0 Å². The van der Waals surface area contributed by atoms with Crippen molar-refractivity contribution in [1.29, 1.82) is 0 Å². The summed E-state index contributed by atoms with van der Waals surface area (Å²) in [4.78, 5) is 9.25. The van der Waals surface area contributed by atoms with Crippen LogP contribution in [0.2, 0.25) is 0 Å². The maximum absolute atomic E-state index is 9.25. The fourth-order valence-corrected chi connectivity index (χ4v) is 0. The first-order chi connectivity index (χ1) is 2.27. The van der Waals surface area contributed by atoms with Gasteiger partial charge in [-0.1, -0.05) is 6.58 Å². The second-order valence-electron chi connectivity index (χ2n) is 0.542. The molecule has 0 aliphatic carbocycles. The van der Waals surface area contributed by atoms with Crippen molar-refractivity contribution in [2.45, 2.75) is 0 Å². The molecule has 0 heterocycles. The molecule has 0 spiro atoms. The van der Waals surface area contributed by atoms with Crippen LogP contribution in [-0.2, 0) is 4.79 Å². The molecule has 6 heavy (non-hydrogen) atoms. The second kappa shape index (κ2) is 5.46. The molecule has 1 N–H and O–H groups in total. The minimum Gasteiger partial charge on any atom is -0.478 e. The Balaban J connectivity index is 0. The molecule has 0 radical (unpaired) electrons. The van der Waals surface area contributed by atoms with Gasteiger partial charge in [-0.15, -0.1) is 0 Å². The zero-order valence-electron chi connectivity index (χ0n) is 2.93. The number of hydrogen-bond acceptors (Lipinski definition) is 1. The number of carboxylic acids is 1. The number of carbonyl (C=O) groups is 1. The minimum absolute atomic E-state index is 0. The molecule has 0 unspecified atom stereocenters. The molecular formula is C3H4ErO2. The fraction of sp³-hybridized carbons (Fsp3) is 0. The standard InChI is InChI=1S/C3H4O2.Er/c1-2-3(4)5;/h2H,1H2,(H,4,5);. The van der Waals surface area contributed by atoms with Gasteiger partial charge in [0, 0.05) is 43.4 Å². The van der Waals surface area contributed by atoms with Crippen LogP contribution in [0.3, 0.4) is 0 Å². The van der Waals surface area contributed by atoms with E-state index in [1.54, 1.807) is 0 Å². The van der Waals surface area contributed by atoms with Crippen molar-refractivity contribution in [3.8, 4) is 0 Å². The predicted octanol–water partition coefficient (Wildman–Crippen LogP) is 0.257. The van der Waals surface area contributed by atoms with E-state index >= 15 is 0 Å². The smallest absolute Gasteiger partial charge is 0.327 e. The number of carboxylic acid groups (broad SMARTS) is 1. The minimum atomic E-state index is -0.981. The van der Waals surface area contributed by atoms with Gasteiger partial charge in [0.2, 0.25) is 0 Å². The predicted molar refractivity (Wildman–Crippen MR) is 17.8 cm³/mol. The summed E-state index contributed by atoms with van der Waals surface area (Å²) in [6.07, 6.45) is 0.833. The number of aliphatic carboxylic acids is 1. The first-order valence-corrected chi connectivity index (χ1v) is 1.12. The molecular weight excluding hydrogens is 235 g/mol. The summed E-state index contributed by atoms with van der Waals surface area (Å²) < 4.78 is 0.